The van der Waals surface area contributed by atoms with Gasteiger partial charge in [0.2, 0.25) is 0 Å². The molecule has 0 bridgehead atoms. The first-order chi connectivity index (χ1) is 6.63. The van der Waals surface area contributed by atoms with Crippen LogP contribution < -0.4 is 5.73 Å². The standard InChI is InChI=1S/C12H16FN/c1-9(2)11(8-14)7-10-3-5-12(13)6-4-10/h3-7,9H,8,14H2,1-2H3. The minimum atomic E-state index is -0.207. The Bertz CT molecular complexity index is 312. The van der Waals surface area contributed by atoms with Gasteiger partial charge in [-0.1, -0.05) is 37.6 Å². The maximum Gasteiger partial charge on any atom is 0.123 e. The Hall–Kier alpha value is -1.15. The van der Waals surface area contributed by atoms with E-state index < -0.39 is 0 Å². The van der Waals surface area contributed by atoms with Gasteiger partial charge in [0.15, 0.2) is 0 Å². The summed E-state index contributed by atoms with van der Waals surface area (Å²) in [6.07, 6.45) is 2.02. The second-order valence-corrected chi connectivity index (χ2v) is 3.63. The van der Waals surface area contributed by atoms with Gasteiger partial charge in [-0.15, -0.1) is 0 Å². The quantitative estimate of drug-likeness (QED) is 0.784. The topological polar surface area (TPSA) is 26.0 Å². The van der Waals surface area contributed by atoms with Crippen molar-refractivity contribution in [1.82, 2.24) is 0 Å². The third kappa shape index (κ3) is 2.96. The molecule has 0 aromatic heterocycles. The Morgan fingerprint density at radius 2 is 1.93 bits per heavy atom. The molecule has 0 aliphatic heterocycles. The van der Waals surface area contributed by atoms with E-state index >= 15 is 0 Å². The molecular formula is C12H16FN. The van der Waals surface area contributed by atoms with Crippen LogP contribution in [0.5, 0.6) is 0 Å². The Labute approximate surface area is 84.4 Å². The van der Waals surface area contributed by atoms with Crippen molar-refractivity contribution in [2.24, 2.45) is 11.7 Å². The summed E-state index contributed by atoms with van der Waals surface area (Å²) in [7, 11) is 0. The first kappa shape index (κ1) is 10.9. The largest absolute Gasteiger partial charge is 0.327 e. The molecule has 0 aliphatic rings. The summed E-state index contributed by atoms with van der Waals surface area (Å²) in [6, 6.07) is 6.43. The molecule has 0 atom stereocenters. The molecule has 0 unspecified atom stereocenters. The zero-order chi connectivity index (χ0) is 10.6. The number of halogens is 1. The van der Waals surface area contributed by atoms with Crippen molar-refractivity contribution in [2.75, 3.05) is 6.54 Å². The highest BCUT2D eigenvalue weighted by Gasteiger charge is 2.00. The van der Waals surface area contributed by atoms with Crippen molar-refractivity contribution in [3.05, 3.63) is 41.2 Å². The molecule has 0 amide bonds. The van der Waals surface area contributed by atoms with E-state index in [1.165, 1.54) is 17.7 Å². The third-order valence-electron chi connectivity index (χ3n) is 2.20. The van der Waals surface area contributed by atoms with E-state index in [0.29, 0.717) is 12.5 Å². The number of hydrogen-bond acceptors (Lipinski definition) is 1. The summed E-state index contributed by atoms with van der Waals surface area (Å²) in [5.41, 5.74) is 7.79. The summed E-state index contributed by atoms with van der Waals surface area (Å²) in [5.74, 6) is 0.228. The Morgan fingerprint density at radius 3 is 2.36 bits per heavy atom. The molecule has 76 valence electrons. The average molecular weight is 193 g/mol. The molecule has 0 spiro atoms. The molecule has 0 aliphatic carbocycles. The van der Waals surface area contributed by atoms with E-state index in [2.05, 4.69) is 13.8 Å². The summed E-state index contributed by atoms with van der Waals surface area (Å²) in [5, 5.41) is 0. The van der Waals surface area contributed by atoms with Gasteiger partial charge in [0.1, 0.15) is 5.82 Å². The van der Waals surface area contributed by atoms with Crippen molar-refractivity contribution < 1.29 is 4.39 Å². The van der Waals surface area contributed by atoms with Crippen LogP contribution in [0.2, 0.25) is 0 Å². The van der Waals surface area contributed by atoms with E-state index in [0.717, 1.165) is 5.56 Å². The molecule has 1 rings (SSSR count). The Kier molecular flexibility index (Phi) is 3.84. The maximum absolute atomic E-state index is 12.6. The highest BCUT2D eigenvalue weighted by atomic mass is 19.1. The lowest BCUT2D eigenvalue weighted by atomic mass is 10.0. The highest BCUT2D eigenvalue weighted by Crippen LogP contribution is 2.13. The van der Waals surface area contributed by atoms with Crippen molar-refractivity contribution >= 4 is 6.08 Å². The average Bonchev–Trinajstić information content (AvgIpc) is 2.16. The monoisotopic (exact) mass is 193 g/mol. The lowest BCUT2D eigenvalue weighted by Crippen LogP contribution is -2.08. The Balaban J connectivity index is 2.89. The van der Waals surface area contributed by atoms with Gasteiger partial charge in [-0.3, -0.25) is 0 Å². The van der Waals surface area contributed by atoms with E-state index in [4.69, 9.17) is 5.73 Å². The third-order valence-corrected chi connectivity index (χ3v) is 2.20. The lowest BCUT2D eigenvalue weighted by Gasteiger charge is -2.08. The molecule has 2 heteroatoms. The van der Waals surface area contributed by atoms with Gasteiger partial charge in [-0.25, -0.2) is 4.39 Å². The van der Waals surface area contributed by atoms with Crippen LogP contribution in [0.15, 0.2) is 29.8 Å². The molecule has 1 nitrogen and oxygen atoms in total. The van der Waals surface area contributed by atoms with E-state index in [-0.39, 0.29) is 5.82 Å². The molecule has 0 heterocycles. The number of benzene rings is 1. The van der Waals surface area contributed by atoms with E-state index in [1.807, 2.05) is 6.08 Å². The van der Waals surface area contributed by atoms with Crippen molar-refractivity contribution in [3.8, 4) is 0 Å². The van der Waals surface area contributed by atoms with Crippen LogP contribution in [0.4, 0.5) is 4.39 Å². The fourth-order valence-corrected chi connectivity index (χ4v) is 1.23. The van der Waals surface area contributed by atoms with Crippen LogP contribution >= 0.6 is 0 Å². The molecule has 0 saturated heterocycles. The molecular weight excluding hydrogens is 177 g/mol. The molecule has 1 aromatic rings. The zero-order valence-electron chi connectivity index (χ0n) is 8.63. The predicted octanol–water partition coefficient (Wildman–Crippen LogP) is 2.82. The summed E-state index contributed by atoms with van der Waals surface area (Å²) < 4.78 is 12.6. The number of nitrogens with two attached hydrogens (primary N) is 1. The van der Waals surface area contributed by atoms with Crippen molar-refractivity contribution in [3.63, 3.8) is 0 Å². The van der Waals surface area contributed by atoms with E-state index in [1.54, 1.807) is 12.1 Å². The smallest absolute Gasteiger partial charge is 0.123 e. The second-order valence-electron chi connectivity index (χ2n) is 3.63. The first-order valence-electron chi connectivity index (χ1n) is 4.79. The maximum atomic E-state index is 12.6. The van der Waals surface area contributed by atoms with Crippen LogP contribution in [0.3, 0.4) is 0 Å². The van der Waals surface area contributed by atoms with Crippen LogP contribution in [0.1, 0.15) is 19.4 Å². The molecule has 0 radical (unpaired) electrons. The minimum Gasteiger partial charge on any atom is -0.327 e. The molecule has 1 aromatic carbocycles. The molecule has 14 heavy (non-hydrogen) atoms. The van der Waals surface area contributed by atoms with Gasteiger partial charge < -0.3 is 5.73 Å². The predicted molar refractivity (Wildman–Crippen MR) is 58.3 cm³/mol. The van der Waals surface area contributed by atoms with Gasteiger partial charge in [-0.05, 0) is 23.6 Å². The summed E-state index contributed by atoms with van der Waals surface area (Å²) in [6.45, 7) is 4.75. The van der Waals surface area contributed by atoms with Gasteiger partial charge in [0, 0.05) is 6.54 Å². The van der Waals surface area contributed by atoms with Crippen molar-refractivity contribution in [1.29, 1.82) is 0 Å². The SMILES string of the molecule is CC(C)C(=Cc1ccc(F)cc1)CN. The van der Waals surface area contributed by atoms with E-state index in [9.17, 15) is 4.39 Å². The van der Waals surface area contributed by atoms with Crippen molar-refractivity contribution in [2.45, 2.75) is 13.8 Å². The number of hydrogen-bond donors (Lipinski definition) is 1. The lowest BCUT2D eigenvalue weighted by molar-refractivity contribution is 0.627. The number of rotatable bonds is 3. The summed E-state index contributed by atoms with van der Waals surface area (Å²) >= 11 is 0. The second kappa shape index (κ2) is 4.91. The normalized spacial score (nSPS) is 12.2. The van der Waals surface area contributed by atoms with Crippen LogP contribution in [-0.2, 0) is 0 Å². The fraction of sp³-hybridized carbons (Fsp3) is 0.333. The fourth-order valence-electron chi connectivity index (χ4n) is 1.23. The molecule has 2 N–H and O–H groups in total. The van der Waals surface area contributed by atoms with Crippen LogP contribution in [0.25, 0.3) is 6.08 Å². The minimum absolute atomic E-state index is 0.207. The van der Waals surface area contributed by atoms with Gasteiger partial charge >= 0.3 is 0 Å². The highest BCUT2D eigenvalue weighted by molar-refractivity contribution is 5.53. The molecule has 0 fully saturated rings. The van der Waals surface area contributed by atoms with Crippen LogP contribution in [-0.4, -0.2) is 6.54 Å². The Morgan fingerprint density at radius 1 is 1.36 bits per heavy atom. The van der Waals surface area contributed by atoms with Gasteiger partial charge in [0.05, 0.1) is 0 Å². The van der Waals surface area contributed by atoms with Crippen LogP contribution in [0, 0.1) is 11.7 Å². The van der Waals surface area contributed by atoms with Gasteiger partial charge in [0.25, 0.3) is 0 Å². The first-order valence-corrected chi connectivity index (χ1v) is 4.79. The zero-order valence-corrected chi connectivity index (χ0v) is 8.63. The van der Waals surface area contributed by atoms with Gasteiger partial charge in [-0.2, -0.15) is 0 Å². The summed E-state index contributed by atoms with van der Waals surface area (Å²) in [4.78, 5) is 0. The molecule has 0 saturated carbocycles.